The van der Waals surface area contributed by atoms with Gasteiger partial charge < -0.3 is 14.2 Å². The minimum absolute atomic E-state index is 0.146. The van der Waals surface area contributed by atoms with E-state index in [2.05, 4.69) is 10.1 Å². The molecule has 40 heavy (non-hydrogen) atoms. The van der Waals surface area contributed by atoms with E-state index in [-0.39, 0.29) is 23.7 Å². The molecular weight excluding hydrogens is 540 g/mol. The topological polar surface area (TPSA) is 103 Å². The number of halogens is 2. The number of piperidine rings is 1. The van der Waals surface area contributed by atoms with Gasteiger partial charge in [0, 0.05) is 35.3 Å². The number of amides is 1. The molecule has 1 saturated heterocycles. The van der Waals surface area contributed by atoms with E-state index in [0.717, 1.165) is 29.0 Å². The molecule has 204 valence electrons. The zero-order valence-corrected chi connectivity index (χ0v) is 22.6. The van der Waals surface area contributed by atoms with Crippen molar-refractivity contribution in [1.82, 2.24) is 19.5 Å². The van der Waals surface area contributed by atoms with Crippen LogP contribution in [0.25, 0.3) is 27.5 Å². The van der Waals surface area contributed by atoms with Crippen molar-refractivity contribution in [2.45, 2.75) is 39.2 Å². The molecule has 6 rings (SSSR count). The van der Waals surface area contributed by atoms with Crippen molar-refractivity contribution >= 4 is 34.5 Å². The zero-order chi connectivity index (χ0) is 28.1. The third-order valence-electron chi connectivity index (χ3n) is 7.02. The highest BCUT2D eigenvalue weighted by atomic mass is 32.1. The fraction of sp³-hybridized carbons (Fsp3) is 0.250. The van der Waals surface area contributed by atoms with Crippen molar-refractivity contribution in [2.24, 2.45) is 0 Å². The summed E-state index contributed by atoms with van der Waals surface area (Å²) >= 11 is 1.24. The van der Waals surface area contributed by atoms with E-state index >= 15 is 0 Å². The van der Waals surface area contributed by atoms with Gasteiger partial charge in [0.15, 0.2) is 17.3 Å². The fourth-order valence-electron chi connectivity index (χ4n) is 5.23. The van der Waals surface area contributed by atoms with E-state index in [1.54, 1.807) is 5.38 Å². The third-order valence-corrected chi connectivity index (χ3v) is 7.87. The summed E-state index contributed by atoms with van der Waals surface area (Å²) in [6.07, 6.45) is 3.23. The van der Waals surface area contributed by atoms with E-state index in [4.69, 9.17) is 14.2 Å². The van der Waals surface area contributed by atoms with Gasteiger partial charge in [0.05, 0.1) is 24.5 Å². The van der Waals surface area contributed by atoms with E-state index in [0.29, 0.717) is 40.6 Å². The van der Waals surface area contributed by atoms with Gasteiger partial charge in [-0.15, -0.1) is 11.3 Å². The molecule has 1 amide bonds. The van der Waals surface area contributed by atoms with Crippen LogP contribution in [0.4, 0.5) is 14.5 Å². The van der Waals surface area contributed by atoms with Gasteiger partial charge in [0.2, 0.25) is 5.91 Å². The summed E-state index contributed by atoms with van der Waals surface area (Å²) in [6.45, 7) is 3.69. The van der Waals surface area contributed by atoms with Crippen LogP contribution in [0, 0.1) is 25.5 Å². The van der Waals surface area contributed by atoms with Crippen LogP contribution in [0.2, 0.25) is 0 Å². The molecule has 0 N–H and O–H groups in total. The van der Waals surface area contributed by atoms with Gasteiger partial charge in [-0.25, -0.2) is 23.5 Å². The van der Waals surface area contributed by atoms with Crippen LogP contribution in [0.3, 0.4) is 0 Å². The number of aromatic nitrogens is 4. The first-order valence-corrected chi connectivity index (χ1v) is 13.4. The molecule has 0 saturated carbocycles. The van der Waals surface area contributed by atoms with Crippen LogP contribution >= 0.6 is 11.3 Å². The average Bonchev–Trinajstić information content (AvgIpc) is 3.66. The number of thiazole rings is 1. The Bertz CT molecular complexity index is 1770. The van der Waals surface area contributed by atoms with Crippen molar-refractivity contribution in [3.8, 4) is 21.8 Å². The van der Waals surface area contributed by atoms with E-state index < -0.39 is 23.6 Å². The number of ether oxygens (including phenoxy) is 1. The SMILES string of the molecule is COC(=O)c1csc(-c2c([C@@H]3CCCC(=O)N3c3ccc(F)c(F)c3)nc3cc(-c4c(C)noc4C)ccn23)n1. The second-order valence-corrected chi connectivity index (χ2v) is 10.3. The summed E-state index contributed by atoms with van der Waals surface area (Å²) in [5.74, 6) is -2.18. The fourth-order valence-corrected chi connectivity index (χ4v) is 6.06. The zero-order valence-electron chi connectivity index (χ0n) is 21.8. The number of anilines is 1. The smallest absolute Gasteiger partial charge is 0.357 e. The number of nitrogens with zero attached hydrogens (tertiary/aromatic N) is 5. The maximum absolute atomic E-state index is 14.3. The first-order chi connectivity index (χ1) is 19.3. The number of carbonyl (C=O) groups is 2. The Morgan fingerprint density at radius 1 is 1.15 bits per heavy atom. The number of hydrogen-bond donors (Lipinski definition) is 0. The molecule has 1 atom stereocenters. The van der Waals surface area contributed by atoms with Gasteiger partial charge in [-0.1, -0.05) is 5.16 Å². The largest absolute Gasteiger partial charge is 0.464 e. The molecule has 1 aliphatic heterocycles. The average molecular weight is 564 g/mol. The summed E-state index contributed by atoms with van der Waals surface area (Å²) in [5.41, 5.74) is 4.51. The molecule has 12 heteroatoms. The molecule has 1 fully saturated rings. The molecule has 9 nitrogen and oxygen atoms in total. The van der Waals surface area contributed by atoms with Gasteiger partial charge in [0.25, 0.3) is 0 Å². The lowest BCUT2D eigenvalue weighted by Crippen LogP contribution is -2.38. The lowest BCUT2D eigenvalue weighted by atomic mass is 9.96. The van der Waals surface area contributed by atoms with Crippen LogP contribution in [0.15, 0.2) is 46.4 Å². The summed E-state index contributed by atoms with van der Waals surface area (Å²) in [6, 6.07) is 6.62. The maximum atomic E-state index is 14.3. The molecule has 1 aromatic carbocycles. The summed E-state index contributed by atoms with van der Waals surface area (Å²) in [4.78, 5) is 36.4. The molecule has 0 unspecified atom stereocenters. The highest BCUT2D eigenvalue weighted by Crippen LogP contribution is 2.42. The van der Waals surface area contributed by atoms with Crippen LogP contribution in [-0.4, -0.2) is 38.5 Å². The normalized spacial score (nSPS) is 15.7. The van der Waals surface area contributed by atoms with Crippen LogP contribution in [0.5, 0.6) is 0 Å². The van der Waals surface area contributed by atoms with Crippen molar-refractivity contribution < 1.29 is 27.6 Å². The van der Waals surface area contributed by atoms with Crippen molar-refractivity contribution in [3.05, 3.63) is 76.4 Å². The van der Waals surface area contributed by atoms with E-state index in [9.17, 15) is 18.4 Å². The molecule has 0 aliphatic carbocycles. The number of hydrogen-bond acceptors (Lipinski definition) is 8. The standard InChI is InChI=1S/C28H23F2N5O4S/c1-14-24(15(2)39-33-14)16-9-10-34-22(11-16)32-25(26(34)27-31-20(13-40-27)28(37)38-3)21-5-4-6-23(36)35(21)17-7-8-18(29)19(30)12-17/h7-13,21H,4-6H2,1-3H3/t21-/m0/s1. The summed E-state index contributed by atoms with van der Waals surface area (Å²) < 4.78 is 40.1. The molecule has 1 aliphatic rings. The van der Waals surface area contributed by atoms with Crippen LogP contribution in [-0.2, 0) is 9.53 Å². The number of fused-ring (bicyclic) bond motifs is 1. The van der Waals surface area contributed by atoms with Crippen LogP contribution in [0.1, 0.15) is 52.9 Å². The lowest BCUT2D eigenvalue weighted by Gasteiger charge is -2.35. The number of aryl methyl sites for hydroxylation is 2. The molecule has 0 bridgehead atoms. The number of imidazole rings is 1. The molecule has 5 aromatic rings. The first kappa shape index (κ1) is 25.8. The first-order valence-electron chi connectivity index (χ1n) is 12.5. The van der Waals surface area contributed by atoms with Gasteiger partial charge in [-0.2, -0.15) is 0 Å². The number of carbonyl (C=O) groups excluding carboxylic acids is 2. The second kappa shape index (κ2) is 9.94. The van der Waals surface area contributed by atoms with Gasteiger partial charge in [-0.05, 0) is 56.5 Å². The minimum Gasteiger partial charge on any atom is -0.464 e. The van der Waals surface area contributed by atoms with Crippen molar-refractivity contribution in [1.29, 1.82) is 0 Å². The molecule has 4 aromatic heterocycles. The Balaban J connectivity index is 1.56. The predicted octanol–water partition coefficient (Wildman–Crippen LogP) is 6.05. The van der Waals surface area contributed by atoms with Gasteiger partial charge in [0.1, 0.15) is 22.1 Å². The molecule has 0 spiro atoms. The third kappa shape index (κ3) is 4.24. The van der Waals surface area contributed by atoms with Crippen molar-refractivity contribution in [2.75, 3.05) is 12.0 Å². The van der Waals surface area contributed by atoms with Gasteiger partial charge in [-0.3, -0.25) is 9.20 Å². The Labute approximate surface area is 231 Å². The number of benzene rings is 1. The number of esters is 1. The summed E-state index contributed by atoms with van der Waals surface area (Å²) in [5, 5.41) is 6.15. The van der Waals surface area contributed by atoms with E-state index in [1.807, 2.05) is 36.6 Å². The minimum atomic E-state index is -1.04. The second-order valence-electron chi connectivity index (χ2n) is 9.49. The summed E-state index contributed by atoms with van der Waals surface area (Å²) in [7, 11) is 1.28. The Morgan fingerprint density at radius 3 is 2.70 bits per heavy atom. The van der Waals surface area contributed by atoms with E-state index in [1.165, 1.54) is 29.4 Å². The monoisotopic (exact) mass is 563 g/mol. The number of methoxy groups -OCH3 is 1. The molecule has 0 radical (unpaired) electrons. The maximum Gasteiger partial charge on any atom is 0.357 e. The number of pyridine rings is 1. The predicted molar refractivity (Wildman–Crippen MR) is 143 cm³/mol. The highest BCUT2D eigenvalue weighted by Gasteiger charge is 2.36. The molecular formula is C28H23F2N5O4S. The highest BCUT2D eigenvalue weighted by molar-refractivity contribution is 7.13. The molecule has 5 heterocycles. The van der Waals surface area contributed by atoms with Gasteiger partial charge >= 0.3 is 5.97 Å². The van der Waals surface area contributed by atoms with Crippen molar-refractivity contribution in [3.63, 3.8) is 0 Å². The Hall–Kier alpha value is -4.45. The Kier molecular flexibility index (Phi) is 6.41. The Morgan fingerprint density at radius 2 is 1.98 bits per heavy atom. The lowest BCUT2D eigenvalue weighted by molar-refractivity contribution is -0.120. The quantitative estimate of drug-likeness (QED) is 0.240. The van der Waals surface area contributed by atoms with Crippen LogP contribution < -0.4 is 4.90 Å². The number of rotatable bonds is 5.